The molecule has 0 N–H and O–H groups in total. The molecule has 4 rings (SSSR count). The average Bonchev–Trinajstić information content (AvgIpc) is 2.70. The van der Waals surface area contributed by atoms with Gasteiger partial charge in [0.2, 0.25) is 0 Å². The Kier molecular flexibility index (Phi) is 1.99. The minimum absolute atomic E-state index is 0.00273. The van der Waals surface area contributed by atoms with Crippen LogP contribution in [0.1, 0.15) is 49.7 Å². The predicted octanol–water partition coefficient (Wildman–Crippen LogP) is 3.23. The molecule has 102 valence electrons. The van der Waals surface area contributed by atoms with Crippen molar-refractivity contribution in [1.82, 2.24) is 0 Å². The summed E-state index contributed by atoms with van der Waals surface area (Å²) in [6.45, 7) is 4.42. The minimum Gasteiger partial charge on any atom is -0.496 e. The second-order valence-electron chi connectivity index (χ2n) is 6.39. The second-order valence-corrected chi connectivity index (χ2v) is 6.39. The van der Waals surface area contributed by atoms with Gasteiger partial charge in [-0.15, -0.1) is 0 Å². The van der Waals surface area contributed by atoms with Gasteiger partial charge in [-0.1, -0.05) is 0 Å². The Balaban J connectivity index is 1.95. The maximum absolute atomic E-state index is 6.21. The molecule has 3 heteroatoms. The highest BCUT2D eigenvalue weighted by Crippen LogP contribution is 2.76. The highest BCUT2D eigenvalue weighted by molar-refractivity contribution is 5.62. The van der Waals surface area contributed by atoms with Gasteiger partial charge in [-0.25, -0.2) is 0 Å². The van der Waals surface area contributed by atoms with Gasteiger partial charge in [0.1, 0.15) is 17.1 Å². The SMILES string of the molecule is COc1ccc(OC)c2c1[C@H]1CC[C@H]2C12OC2(C)C. The second kappa shape index (κ2) is 3.26. The van der Waals surface area contributed by atoms with Gasteiger partial charge in [0.25, 0.3) is 0 Å². The molecule has 1 aromatic rings. The average molecular weight is 260 g/mol. The quantitative estimate of drug-likeness (QED) is 0.765. The van der Waals surface area contributed by atoms with Crippen molar-refractivity contribution >= 4 is 0 Å². The van der Waals surface area contributed by atoms with E-state index in [1.54, 1.807) is 14.2 Å². The lowest BCUT2D eigenvalue weighted by Crippen LogP contribution is -2.24. The molecule has 1 saturated carbocycles. The lowest BCUT2D eigenvalue weighted by molar-refractivity contribution is 0.258. The zero-order valence-corrected chi connectivity index (χ0v) is 11.9. The predicted molar refractivity (Wildman–Crippen MR) is 72.2 cm³/mol. The van der Waals surface area contributed by atoms with Crippen molar-refractivity contribution in [3.8, 4) is 11.5 Å². The van der Waals surface area contributed by atoms with Gasteiger partial charge in [0, 0.05) is 23.0 Å². The Morgan fingerprint density at radius 3 is 1.74 bits per heavy atom. The molecule has 1 heterocycles. The topological polar surface area (TPSA) is 31.0 Å². The molecule has 0 radical (unpaired) electrons. The summed E-state index contributed by atoms with van der Waals surface area (Å²) in [4.78, 5) is 0. The minimum atomic E-state index is -0.0200. The zero-order chi connectivity index (χ0) is 13.4. The molecule has 2 atom stereocenters. The Bertz CT molecular complexity index is 522. The van der Waals surface area contributed by atoms with Gasteiger partial charge in [0.05, 0.1) is 19.8 Å². The van der Waals surface area contributed by atoms with E-state index in [1.165, 1.54) is 24.0 Å². The number of fused-ring (bicyclic) bond motifs is 3. The van der Waals surface area contributed by atoms with Crippen LogP contribution in [0.25, 0.3) is 0 Å². The Morgan fingerprint density at radius 1 is 1.00 bits per heavy atom. The van der Waals surface area contributed by atoms with Crippen LogP contribution in [0.2, 0.25) is 0 Å². The number of hydrogen-bond donors (Lipinski definition) is 0. The summed E-state index contributed by atoms with van der Waals surface area (Å²) in [7, 11) is 3.50. The summed E-state index contributed by atoms with van der Waals surface area (Å²) in [6, 6.07) is 4.06. The van der Waals surface area contributed by atoms with E-state index < -0.39 is 0 Å². The molecule has 19 heavy (non-hydrogen) atoms. The number of ether oxygens (including phenoxy) is 3. The molecule has 1 aliphatic heterocycles. The lowest BCUT2D eigenvalue weighted by atomic mass is 9.84. The third kappa shape index (κ3) is 1.10. The van der Waals surface area contributed by atoms with Crippen molar-refractivity contribution in [2.24, 2.45) is 0 Å². The van der Waals surface area contributed by atoms with Gasteiger partial charge in [0.15, 0.2) is 0 Å². The molecule has 1 spiro atoms. The zero-order valence-electron chi connectivity index (χ0n) is 11.9. The molecule has 0 amide bonds. The van der Waals surface area contributed by atoms with Crippen molar-refractivity contribution < 1.29 is 14.2 Å². The molecule has 2 fully saturated rings. The molecule has 3 nitrogen and oxygen atoms in total. The van der Waals surface area contributed by atoms with E-state index in [0.717, 1.165) is 11.5 Å². The number of rotatable bonds is 2. The van der Waals surface area contributed by atoms with Crippen LogP contribution in [-0.2, 0) is 4.74 Å². The van der Waals surface area contributed by atoms with Gasteiger partial charge >= 0.3 is 0 Å². The number of epoxide rings is 1. The van der Waals surface area contributed by atoms with Crippen molar-refractivity contribution in [3.05, 3.63) is 23.3 Å². The van der Waals surface area contributed by atoms with Crippen LogP contribution >= 0.6 is 0 Å². The van der Waals surface area contributed by atoms with Crippen LogP contribution in [0.4, 0.5) is 0 Å². The van der Waals surface area contributed by atoms with E-state index in [-0.39, 0.29) is 11.2 Å². The summed E-state index contributed by atoms with van der Waals surface area (Å²) in [5, 5.41) is 0. The molecular weight excluding hydrogens is 240 g/mol. The first kappa shape index (κ1) is 11.6. The number of hydrogen-bond acceptors (Lipinski definition) is 3. The highest BCUT2D eigenvalue weighted by atomic mass is 16.6. The first-order chi connectivity index (χ1) is 9.06. The van der Waals surface area contributed by atoms with Gasteiger partial charge in [-0.05, 0) is 38.8 Å². The Hall–Kier alpha value is -1.22. The Labute approximate surface area is 113 Å². The maximum atomic E-state index is 6.21. The van der Waals surface area contributed by atoms with Crippen molar-refractivity contribution in [3.63, 3.8) is 0 Å². The van der Waals surface area contributed by atoms with Crippen LogP contribution in [0.5, 0.6) is 11.5 Å². The highest BCUT2D eigenvalue weighted by Gasteiger charge is 2.77. The fourth-order valence-corrected chi connectivity index (χ4v) is 4.77. The summed E-state index contributed by atoms with van der Waals surface area (Å²) < 4.78 is 17.4. The van der Waals surface area contributed by atoms with Crippen LogP contribution in [0, 0.1) is 0 Å². The molecule has 3 aliphatic rings. The maximum Gasteiger partial charge on any atom is 0.123 e. The van der Waals surface area contributed by atoms with Crippen molar-refractivity contribution in [1.29, 1.82) is 0 Å². The van der Waals surface area contributed by atoms with Gasteiger partial charge < -0.3 is 14.2 Å². The standard InChI is InChI=1S/C16H20O3/c1-15(2)16(19-15)9-5-6-10(16)14-12(18-4)8-7-11(17-3)13(9)14/h7-10H,5-6H2,1-4H3/t9-,10-/m1/s1. The van der Waals surface area contributed by atoms with E-state index in [1.807, 2.05) is 12.1 Å². The van der Waals surface area contributed by atoms with Crippen molar-refractivity contribution in [2.75, 3.05) is 14.2 Å². The fourth-order valence-electron chi connectivity index (χ4n) is 4.77. The molecule has 1 saturated heterocycles. The summed E-state index contributed by atoms with van der Waals surface area (Å²) in [5.74, 6) is 2.92. The molecule has 1 aromatic carbocycles. The molecule has 2 bridgehead atoms. The van der Waals surface area contributed by atoms with E-state index in [4.69, 9.17) is 14.2 Å². The van der Waals surface area contributed by atoms with Crippen LogP contribution in [0.3, 0.4) is 0 Å². The van der Waals surface area contributed by atoms with Gasteiger partial charge in [-0.3, -0.25) is 0 Å². The van der Waals surface area contributed by atoms with Gasteiger partial charge in [-0.2, -0.15) is 0 Å². The molecule has 0 aromatic heterocycles. The Morgan fingerprint density at radius 2 is 1.42 bits per heavy atom. The van der Waals surface area contributed by atoms with Crippen LogP contribution < -0.4 is 9.47 Å². The van der Waals surface area contributed by atoms with Crippen molar-refractivity contribution in [2.45, 2.75) is 49.7 Å². The molecule has 0 unspecified atom stereocenters. The van der Waals surface area contributed by atoms with E-state index in [9.17, 15) is 0 Å². The normalized spacial score (nSPS) is 36.4. The first-order valence-corrected chi connectivity index (χ1v) is 7.01. The lowest BCUT2D eigenvalue weighted by Gasteiger charge is -2.19. The summed E-state index contributed by atoms with van der Waals surface area (Å²) in [5.41, 5.74) is 2.65. The van der Waals surface area contributed by atoms with E-state index in [0.29, 0.717) is 11.8 Å². The van der Waals surface area contributed by atoms with Crippen LogP contribution in [0.15, 0.2) is 12.1 Å². The fraction of sp³-hybridized carbons (Fsp3) is 0.625. The molecule has 2 aliphatic carbocycles. The molecular formula is C16H20O3. The monoisotopic (exact) mass is 260 g/mol. The van der Waals surface area contributed by atoms with E-state index >= 15 is 0 Å². The third-order valence-corrected chi connectivity index (χ3v) is 5.45. The first-order valence-electron chi connectivity index (χ1n) is 7.01. The number of methoxy groups -OCH3 is 2. The number of benzene rings is 1. The smallest absolute Gasteiger partial charge is 0.123 e. The van der Waals surface area contributed by atoms with Crippen LogP contribution in [-0.4, -0.2) is 25.4 Å². The van der Waals surface area contributed by atoms with E-state index in [2.05, 4.69) is 13.8 Å². The summed E-state index contributed by atoms with van der Waals surface area (Å²) in [6.07, 6.45) is 2.40. The largest absolute Gasteiger partial charge is 0.496 e. The third-order valence-electron chi connectivity index (χ3n) is 5.45. The summed E-state index contributed by atoms with van der Waals surface area (Å²) >= 11 is 0.